The highest BCUT2D eigenvalue weighted by atomic mass is 79.9. The Hall–Kier alpha value is -3.13. The van der Waals surface area contributed by atoms with Gasteiger partial charge >= 0.3 is 5.97 Å². The number of aromatic nitrogens is 2. The van der Waals surface area contributed by atoms with Crippen molar-refractivity contribution in [3.63, 3.8) is 0 Å². The fraction of sp³-hybridized carbons (Fsp3) is 0.105. The van der Waals surface area contributed by atoms with Crippen LogP contribution in [0.5, 0.6) is 0 Å². The largest absolute Gasteiger partial charge is 0.462 e. The number of rotatable bonds is 3. The number of esters is 1. The van der Waals surface area contributed by atoms with Crippen molar-refractivity contribution < 1.29 is 13.9 Å². The van der Waals surface area contributed by atoms with E-state index in [0.717, 1.165) is 4.47 Å². The molecule has 2 heterocycles. The fourth-order valence-electron chi connectivity index (χ4n) is 3.03. The molecule has 0 amide bonds. The van der Waals surface area contributed by atoms with Crippen LogP contribution < -0.4 is 11.3 Å². The lowest BCUT2D eigenvalue weighted by molar-refractivity contribution is 0.0525. The molecule has 8 heteroatoms. The first-order valence-electron chi connectivity index (χ1n) is 8.15. The van der Waals surface area contributed by atoms with Crippen LogP contribution in [0.2, 0.25) is 0 Å². The maximum atomic E-state index is 13.2. The molecular weight excluding hydrogens is 414 g/mol. The highest BCUT2D eigenvalue weighted by Crippen LogP contribution is 2.28. The Kier molecular flexibility index (Phi) is 4.19. The minimum atomic E-state index is -0.751. The van der Waals surface area contributed by atoms with Gasteiger partial charge in [0.05, 0.1) is 23.5 Å². The lowest BCUT2D eigenvalue weighted by atomic mass is 10.1. The lowest BCUT2D eigenvalue weighted by Crippen LogP contribution is -2.28. The number of fused-ring (bicyclic) bond motifs is 2. The van der Waals surface area contributed by atoms with E-state index in [2.05, 4.69) is 20.9 Å². The topological polar surface area (TPSA) is 100 Å². The Morgan fingerprint density at radius 1 is 1.30 bits per heavy atom. The third kappa shape index (κ3) is 2.78. The number of benzene rings is 2. The monoisotopic (exact) mass is 427 g/mol. The van der Waals surface area contributed by atoms with Gasteiger partial charge in [-0.2, -0.15) is 0 Å². The van der Waals surface area contributed by atoms with Crippen molar-refractivity contribution in [1.29, 1.82) is 0 Å². The van der Waals surface area contributed by atoms with Crippen LogP contribution in [-0.4, -0.2) is 22.1 Å². The van der Waals surface area contributed by atoms with Gasteiger partial charge in [-0.25, -0.2) is 9.78 Å². The van der Waals surface area contributed by atoms with E-state index in [1.165, 1.54) is 11.0 Å². The molecule has 0 atom stereocenters. The Balaban J connectivity index is 2.12. The second kappa shape index (κ2) is 6.55. The highest BCUT2D eigenvalue weighted by Gasteiger charge is 2.23. The number of nitrogens with two attached hydrogens (primary N) is 1. The first kappa shape index (κ1) is 17.3. The molecule has 0 fully saturated rings. The normalized spacial score (nSPS) is 11.2. The third-order valence-corrected chi connectivity index (χ3v) is 4.72. The molecule has 0 aliphatic rings. The van der Waals surface area contributed by atoms with Gasteiger partial charge < -0.3 is 14.9 Å². The van der Waals surface area contributed by atoms with E-state index in [9.17, 15) is 9.59 Å². The molecular formula is C19H14BrN3O4. The number of pyridine rings is 1. The molecule has 4 rings (SSSR count). The van der Waals surface area contributed by atoms with Crippen LogP contribution >= 0.6 is 15.9 Å². The minimum Gasteiger partial charge on any atom is -0.462 e. The van der Waals surface area contributed by atoms with E-state index in [0.29, 0.717) is 27.7 Å². The van der Waals surface area contributed by atoms with Gasteiger partial charge in [0.2, 0.25) is 0 Å². The number of hydrogen-bond donors (Lipinski definition) is 1. The summed E-state index contributed by atoms with van der Waals surface area (Å²) in [6, 6.07) is 10.5. The standard InChI is InChI=1S/C19H14BrN3O4/c1-2-26-19(25)16-17(21)12-5-3-10(20)7-14(12)23(18(16)24)11-4-6-13-15(8-11)27-9-22-13/h3-9H,2,21H2,1H3. The summed E-state index contributed by atoms with van der Waals surface area (Å²) in [7, 11) is 0. The maximum Gasteiger partial charge on any atom is 0.345 e. The Bertz CT molecular complexity index is 1260. The van der Waals surface area contributed by atoms with Gasteiger partial charge in [-0.1, -0.05) is 15.9 Å². The number of nitrogen functional groups attached to an aromatic ring is 1. The number of nitrogens with zero attached hydrogens (tertiary/aromatic N) is 2. The quantitative estimate of drug-likeness (QED) is 0.500. The van der Waals surface area contributed by atoms with Crippen LogP contribution in [0, 0.1) is 0 Å². The van der Waals surface area contributed by atoms with Crippen molar-refractivity contribution in [1.82, 2.24) is 9.55 Å². The molecule has 0 saturated carbocycles. The summed E-state index contributed by atoms with van der Waals surface area (Å²) < 4.78 is 12.6. The third-order valence-electron chi connectivity index (χ3n) is 4.23. The SMILES string of the molecule is CCOC(=O)c1c(N)c2ccc(Br)cc2n(-c2ccc3ncoc3c2)c1=O. The van der Waals surface area contributed by atoms with Crippen molar-refractivity contribution >= 4 is 49.6 Å². The number of carbonyl (C=O) groups is 1. The molecule has 27 heavy (non-hydrogen) atoms. The highest BCUT2D eigenvalue weighted by molar-refractivity contribution is 9.10. The molecule has 0 unspecified atom stereocenters. The van der Waals surface area contributed by atoms with E-state index in [1.807, 2.05) is 0 Å². The smallest absolute Gasteiger partial charge is 0.345 e. The van der Waals surface area contributed by atoms with E-state index < -0.39 is 11.5 Å². The molecule has 0 radical (unpaired) electrons. The fourth-order valence-corrected chi connectivity index (χ4v) is 3.38. The van der Waals surface area contributed by atoms with Gasteiger partial charge in [0.25, 0.3) is 5.56 Å². The van der Waals surface area contributed by atoms with Gasteiger partial charge in [-0.3, -0.25) is 9.36 Å². The summed E-state index contributed by atoms with van der Waals surface area (Å²) in [5, 5.41) is 0.568. The number of anilines is 1. The summed E-state index contributed by atoms with van der Waals surface area (Å²) in [6.07, 6.45) is 1.33. The summed E-state index contributed by atoms with van der Waals surface area (Å²) in [6.45, 7) is 1.81. The van der Waals surface area contributed by atoms with Gasteiger partial charge in [0, 0.05) is 15.9 Å². The maximum absolute atomic E-state index is 13.2. The van der Waals surface area contributed by atoms with Gasteiger partial charge in [-0.05, 0) is 37.3 Å². The first-order chi connectivity index (χ1) is 13.0. The average molecular weight is 428 g/mol. The van der Waals surface area contributed by atoms with Crippen molar-refractivity contribution in [2.75, 3.05) is 12.3 Å². The summed E-state index contributed by atoms with van der Waals surface area (Å²) >= 11 is 3.42. The van der Waals surface area contributed by atoms with Crippen LogP contribution in [0.3, 0.4) is 0 Å². The zero-order valence-corrected chi connectivity index (χ0v) is 15.8. The lowest BCUT2D eigenvalue weighted by Gasteiger charge is -2.15. The zero-order chi connectivity index (χ0) is 19.1. The van der Waals surface area contributed by atoms with Crippen molar-refractivity contribution in [3.8, 4) is 5.69 Å². The molecule has 2 aromatic heterocycles. The second-order valence-corrected chi connectivity index (χ2v) is 6.73. The average Bonchev–Trinajstić information content (AvgIpc) is 3.09. The van der Waals surface area contributed by atoms with E-state index in [-0.39, 0.29) is 17.9 Å². The molecule has 0 spiro atoms. The summed E-state index contributed by atoms with van der Waals surface area (Å²) in [5.41, 5.74) is 7.78. The Morgan fingerprint density at radius 2 is 2.11 bits per heavy atom. The van der Waals surface area contributed by atoms with Gasteiger partial charge in [0.15, 0.2) is 12.0 Å². The van der Waals surface area contributed by atoms with Crippen molar-refractivity contribution in [2.45, 2.75) is 6.92 Å². The number of hydrogen-bond acceptors (Lipinski definition) is 6. The number of carbonyl (C=O) groups excluding carboxylic acids is 1. The predicted octanol–water partition coefficient (Wildman–Crippen LogP) is 3.65. The summed E-state index contributed by atoms with van der Waals surface area (Å²) in [4.78, 5) is 29.7. The molecule has 7 nitrogen and oxygen atoms in total. The van der Waals surface area contributed by atoms with Crippen LogP contribution in [0.4, 0.5) is 5.69 Å². The van der Waals surface area contributed by atoms with Gasteiger partial charge in [-0.15, -0.1) is 0 Å². The van der Waals surface area contributed by atoms with E-state index in [1.54, 1.807) is 43.3 Å². The minimum absolute atomic E-state index is 0.0953. The Labute approximate surface area is 161 Å². The molecule has 0 saturated heterocycles. The number of halogens is 1. The number of ether oxygens (including phenoxy) is 1. The molecule has 136 valence electrons. The van der Waals surface area contributed by atoms with Crippen LogP contribution in [0.25, 0.3) is 27.7 Å². The Morgan fingerprint density at radius 3 is 2.89 bits per heavy atom. The summed E-state index contributed by atoms with van der Waals surface area (Å²) in [5.74, 6) is -0.751. The number of oxazole rings is 1. The van der Waals surface area contributed by atoms with Crippen LogP contribution in [0.1, 0.15) is 17.3 Å². The molecule has 0 bridgehead atoms. The van der Waals surface area contributed by atoms with Crippen LogP contribution in [0.15, 0.2) is 56.5 Å². The molecule has 0 aliphatic carbocycles. The molecule has 2 N–H and O–H groups in total. The van der Waals surface area contributed by atoms with Crippen molar-refractivity contribution in [3.05, 3.63) is 63.2 Å². The molecule has 0 aliphatic heterocycles. The van der Waals surface area contributed by atoms with Crippen molar-refractivity contribution in [2.24, 2.45) is 0 Å². The van der Waals surface area contributed by atoms with Gasteiger partial charge in [0.1, 0.15) is 11.1 Å². The molecule has 2 aromatic carbocycles. The second-order valence-electron chi connectivity index (χ2n) is 5.82. The zero-order valence-electron chi connectivity index (χ0n) is 14.2. The van der Waals surface area contributed by atoms with Crippen LogP contribution in [-0.2, 0) is 4.74 Å². The predicted molar refractivity (Wildman–Crippen MR) is 105 cm³/mol. The first-order valence-corrected chi connectivity index (χ1v) is 8.95. The van der Waals surface area contributed by atoms with E-state index in [4.69, 9.17) is 14.9 Å². The van der Waals surface area contributed by atoms with E-state index >= 15 is 0 Å². The molecule has 4 aromatic rings.